The third-order valence-corrected chi connectivity index (χ3v) is 2.98. The van der Waals surface area contributed by atoms with E-state index in [-0.39, 0.29) is 6.42 Å². The number of amides is 1. The zero-order valence-electron chi connectivity index (χ0n) is 9.25. The summed E-state index contributed by atoms with van der Waals surface area (Å²) in [6.45, 7) is 0. The number of carbonyl (C=O) groups excluding carboxylic acids is 1. The Bertz CT molecular complexity index is 732. The first-order valence-electron chi connectivity index (χ1n) is 5.20. The lowest BCUT2D eigenvalue weighted by atomic mass is 10.1. The van der Waals surface area contributed by atoms with Crippen LogP contribution in [0, 0.1) is 0 Å². The van der Waals surface area contributed by atoms with Gasteiger partial charge in [0.05, 0.1) is 11.0 Å². The first kappa shape index (κ1) is 12.6. The van der Waals surface area contributed by atoms with Crippen LogP contribution in [0.2, 0.25) is 0 Å². The molecule has 0 unspecified atom stereocenters. The van der Waals surface area contributed by atoms with E-state index in [1.807, 2.05) is 0 Å². The van der Waals surface area contributed by atoms with E-state index in [4.69, 9.17) is 5.73 Å². The summed E-state index contributed by atoms with van der Waals surface area (Å²) in [7, 11) is 0. The predicted octanol–water partition coefficient (Wildman–Crippen LogP) is 0.397. The molecule has 0 aliphatic heterocycles. The maximum absolute atomic E-state index is 11.3. The quantitative estimate of drug-likeness (QED) is 0.714. The van der Waals surface area contributed by atoms with Crippen molar-refractivity contribution in [3.8, 4) is 0 Å². The van der Waals surface area contributed by atoms with E-state index >= 15 is 0 Å². The Kier molecular flexibility index (Phi) is 3.33. The maximum Gasteiger partial charge on any atom is 0.314 e. The van der Waals surface area contributed by atoms with E-state index < -0.39 is 17.0 Å². The number of hydrogen-bond acceptors (Lipinski definition) is 3. The highest BCUT2D eigenvalue weighted by Crippen LogP contribution is 2.21. The fourth-order valence-corrected chi connectivity index (χ4v) is 2.22. The fourth-order valence-electron chi connectivity index (χ4n) is 1.71. The molecule has 6 nitrogen and oxygen atoms in total. The molecule has 0 atom stereocenters. The highest BCUT2D eigenvalue weighted by atomic mass is 79.9. The molecule has 1 heterocycles. The molecule has 1 aromatic carbocycles. The van der Waals surface area contributed by atoms with Crippen LogP contribution in [0.1, 0.15) is 12.0 Å². The number of aromatic amines is 2. The molecule has 1 amide bonds. The zero-order valence-corrected chi connectivity index (χ0v) is 10.8. The van der Waals surface area contributed by atoms with E-state index in [0.29, 0.717) is 17.5 Å². The molecule has 2 aromatic rings. The number of halogens is 1. The molecule has 94 valence electrons. The van der Waals surface area contributed by atoms with Gasteiger partial charge in [0, 0.05) is 10.9 Å². The van der Waals surface area contributed by atoms with Crippen LogP contribution in [-0.2, 0) is 11.2 Å². The number of rotatable bonds is 3. The molecule has 7 heteroatoms. The average molecular weight is 312 g/mol. The zero-order chi connectivity index (χ0) is 13.3. The molecule has 0 fully saturated rings. The van der Waals surface area contributed by atoms with Gasteiger partial charge in [0.1, 0.15) is 0 Å². The van der Waals surface area contributed by atoms with Crippen molar-refractivity contribution in [1.29, 1.82) is 0 Å². The van der Waals surface area contributed by atoms with Crippen LogP contribution < -0.4 is 16.9 Å². The number of nitrogens with two attached hydrogens (primary N) is 1. The summed E-state index contributed by atoms with van der Waals surface area (Å²) in [6, 6.07) is 3.46. The van der Waals surface area contributed by atoms with Crippen LogP contribution in [0.4, 0.5) is 0 Å². The maximum atomic E-state index is 11.3. The molecule has 0 spiro atoms. The number of H-pyrrole nitrogens is 2. The van der Waals surface area contributed by atoms with Crippen LogP contribution in [0.15, 0.2) is 26.2 Å². The highest BCUT2D eigenvalue weighted by molar-refractivity contribution is 9.10. The number of fused-ring (bicyclic) bond motifs is 1. The second kappa shape index (κ2) is 4.77. The van der Waals surface area contributed by atoms with Crippen molar-refractivity contribution in [2.75, 3.05) is 0 Å². The van der Waals surface area contributed by atoms with Crippen molar-refractivity contribution in [2.45, 2.75) is 12.8 Å². The summed E-state index contributed by atoms with van der Waals surface area (Å²) in [5.41, 5.74) is 5.44. The van der Waals surface area contributed by atoms with Gasteiger partial charge < -0.3 is 15.7 Å². The van der Waals surface area contributed by atoms with E-state index in [9.17, 15) is 14.4 Å². The molecule has 0 saturated carbocycles. The molecule has 18 heavy (non-hydrogen) atoms. The van der Waals surface area contributed by atoms with Crippen molar-refractivity contribution in [3.05, 3.63) is 42.9 Å². The topological polar surface area (TPSA) is 109 Å². The summed E-state index contributed by atoms with van der Waals surface area (Å²) < 4.78 is 0.747. The molecule has 0 aliphatic rings. The number of primary amides is 1. The minimum Gasteiger partial charge on any atom is -0.370 e. The fraction of sp³-hybridized carbons (Fsp3) is 0.182. The molecule has 4 N–H and O–H groups in total. The molecule has 0 aliphatic carbocycles. The van der Waals surface area contributed by atoms with Gasteiger partial charge in [-0.15, -0.1) is 0 Å². The van der Waals surface area contributed by atoms with Gasteiger partial charge >= 0.3 is 11.1 Å². The summed E-state index contributed by atoms with van der Waals surface area (Å²) in [6.07, 6.45) is 0.569. The van der Waals surface area contributed by atoms with Gasteiger partial charge in [-0.3, -0.25) is 14.4 Å². The number of aromatic nitrogens is 2. The minimum absolute atomic E-state index is 0.173. The molecule has 0 saturated heterocycles. The van der Waals surface area contributed by atoms with Gasteiger partial charge in [-0.1, -0.05) is 15.9 Å². The summed E-state index contributed by atoms with van der Waals surface area (Å²) >= 11 is 3.30. The van der Waals surface area contributed by atoms with Gasteiger partial charge in [-0.05, 0) is 24.1 Å². The number of benzene rings is 1. The monoisotopic (exact) mass is 311 g/mol. The van der Waals surface area contributed by atoms with Gasteiger partial charge in [0.25, 0.3) is 0 Å². The highest BCUT2D eigenvalue weighted by Gasteiger charge is 2.08. The van der Waals surface area contributed by atoms with E-state index in [0.717, 1.165) is 10.0 Å². The van der Waals surface area contributed by atoms with Crippen molar-refractivity contribution < 1.29 is 4.79 Å². The van der Waals surface area contributed by atoms with E-state index in [2.05, 4.69) is 25.9 Å². The Balaban J connectivity index is 2.64. The lowest BCUT2D eigenvalue weighted by molar-refractivity contribution is -0.117. The van der Waals surface area contributed by atoms with Gasteiger partial charge in [-0.2, -0.15) is 0 Å². The van der Waals surface area contributed by atoms with Crippen LogP contribution in [0.3, 0.4) is 0 Å². The summed E-state index contributed by atoms with van der Waals surface area (Å²) in [5, 5.41) is 0. The molecule has 0 bridgehead atoms. The average Bonchev–Trinajstić information content (AvgIpc) is 2.28. The summed E-state index contributed by atoms with van der Waals surface area (Å²) in [4.78, 5) is 38.3. The smallest absolute Gasteiger partial charge is 0.314 e. The van der Waals surface area contributed by atoms with E-state index in [1.54, 1.807) is 12.1 Å². The van der Waals surface area contributed by atoms with Gasteiger partial charge in [0.2, 0.25) is 5.91 Å². The Morgan fingerprint density at radius 2 is 1.89 bits per heavy atom. The lowest BCUT2D eigenvalue weighted by Crippen LogP contribution is -2.29. The normalized spacial score (nSPS) is 10.7. The van der Waals surface area contributed by atoms with Crippen molar-refractivity contribution in [3.63, 3.8) is 0 Å². The van der Waals surface area contributed by atoms with Gasteiger partial charge in [0.15, 0.2) is 0 Å². The second-order valence-electron chi connectivity index (χ2n) is 3.86. The number of aryl methyl sites for hydroxylation is 1. The third kappa shape index (κ3) is 2.51. The molecular formula is C11H10BrN3O3. The predicted molar refractivity (Wildman–Crippen MR) is 70.4 cm³/mol. The summed E-state index contributed by atoms with van der Waals surface area (Å²) in [5.74, 6) is -0.421. The first-order chi connectivity index (χ1) is 8.47. The van der Waals surface area contributed by atoms with Gasteiger partial charge in [-0.25, -0.2) is 0 Å². The molecule has 1 aromatic heterocycles. The Morgan fingerprint density at radius 1 is 1.22 bits per heavy atom. The Labute approximate surface area is 109 Å². The standard InChI is InChI=1S/C11H10BrN3O3/c12-6-3-5(1-2-8(13)16)9-7(4-6)14-10(17)11(18)15-9/h3-4H,1-2H2,(H2,13,16)(H,14,17)(H,15,18). The van der Waals surface area contributed by atoms with Crippen molar-refractivity contribution in [2.24, 2.45) is 5.73 Å². The molecular weight excluding hydrogens is 302 g/mol. The Morgan fingerprint density at radius 3 is 2.56 bits per heavy atom. The first-order valence-corrected chi connectivity index (χ1v) is 5.99. The Hall–Kier alpha value is -1.89. The second-order valence-corrected chi connectivity index (χ2v) is 4.78. The van der Waals surface area contributed by atoms with Crippen molar-refractivity contribution >= 4 is 32.9 Å². The van der Waals surface area contributed by atoms with Crippen LogP contribution in [-0.4, -0.2) is 15.9 Å². The van der Waals surface area contributed by atoms with E-state index in [1.165, 1.54) is 0 Å². The SMILES string of the molecule is NC(=O)CCc1cc(Br)cc2[nH]c(=O)c(=O)[nH]c12. The largest absolute Gasteiger partial charge is 0.370 e. The number of hydrogen-bond donors (Lipinski definition) is 3. The third-order valence-electron chi connectivity index (χ3n) is 2.52. The number of nitrogens with one attached hydrogen (secondary N) is 2. The van der Waals surface area contributed by atoms with Crippen LogP contribution in [0.25, 0.3) is 11.0 Å². The minimum atomic E-state index is -0.717. The van der Waals surface area contributed by atoms with Crippen LogP contribution in [0.5, 0.6) is 0 Å². The molecule has 0 radical (unpaired) electrons. The van der Waals surface area contributed by atoms with Crippen molar-refractivity contribution in [1.82, 2.24) is 9.97 Å². The molecule has 2 rings (SSSR count). The number of carbonyl (C=O) groups is 1. The van der Waals surface area contributed by atoms with Crippen LogP contribution >= 0.6 is 15.9 Å². The lowest BCUT2D eigenvalue weighted by Gasteiger charge is -2.06.